The van der Waals surface area contributed by atoms with E-state index in [2.05, 4.69) is 22.5 Å². The molecule has 0 unspecified atom stereocenters. The zero-order chi connectivity index (χ0) is 8.69. The average molecular weight is 177 g/mol. The molecule has 0 aromatic heterocycles. The molecule has 0 atom stereocenters. The predicted molar refractivity (Wildman–Crippen MR) is 49.0 cm³/mol. The van der Waals surface area contributed by atoms with E-state index >= 15 is 0 Å². The number of rotatable bonds is 4. The fraction of sp³-hybridized carbons (Fsp3) is 0.833. The van der Waals surface area contributed by atoms with Crippen LogP contribution < -0.4 is 11.3 Å². The Labute approximate surface area is 72.7 Å². The molecule has 0 saturated heterocycles. The number of hydrogen-bond acceptors (Lipinski definition) is 4. The summed E-state index contributed by atoms with van der Waals surface area (Å²) in [4.78, 5) is 2.09. The van der Waals surface area contributed by atoms with Crippen molar-refractivity contribution in [2.24, 2.45) is 5.84 Å². The van der Waals surface area contributed by atoms with Crippen LogP contribution >= 0.6 is 12.2 Å². The molecule has 3 N–H and O–H groups in total. The van der Waals surface area contributed by atoms with Gasteiger partial charge in [0.25, 0.3) is 5.17 Å². The summed E-state index contributed by atoms with van der Waals surface area (Å²) in [5, 5.41) is 0.253. The molecule has 0 aliphatic carbocycles. The van der Waals surface area contributed by atoms with E-state index in [1.807, 2.05) is 14.1 Å². The van der Waals surface area contributed by atoms with Gasteiger partial charge in [0, 0.05) is 6.54 Å². The summed E-state index contributed by atoms with van der Waals surface area (Å²) < 4.78 is 5.01. The zero-order valence-corrected chi connectivity index (χ0v) is 7.78. The molecule has 4 nitrogen and oxygen atoms in total. The van der Waals surface area contributed by atoms with E-state index in [1.165, 1.54) is 0 Å². The van der Waals surface area contributed by atoms with E-state index in [-0.39, 0.29) is 5.17 Å². The van der Waals surface area contributed by atoms with Crippen molar-refractivity contribution in [3.05, 3.63) is 0 Å². The lowest BCUT2D eigenvalue weighted by Crippen LogP contribution is -2.31. The van der Waals surface area contributed by atoms with Crippen molar-refractivity contribution in [1.82, 2.24) is 10.3 Å². The zero-order valence-electron chi connectivity index (χ0n) is 6.96. The van der Waals surface area contributed by atoms with Gasteiger partial charge in [-0.1, -0.05) is 0 Å². The van der Waals surface area contributed by atoms with Gasteiger partial charge in [0.1, 0.15) is 0 Å². The largest absolute Gasteiger partial charge is 0.470 e. The summed E-state index contributed by atoms with van der Waals surface area (Å²) in [7, 11) is 4.03. The molecule has 0 aromatic rings. The molecular weight excluding hydrogens is 162 g/mol. The minimum Gasteiger partial charge on any atom is -0.470 e. The SMILES string of the molecule is CN(C)CCCOC(=S)NN. The Morgan fingerprint density at radius 1 is 1.64 bits per heavy atom. The van der Waals surface area contributed by atoms with Crippen LogP contribution in [-0.2, 0) is 4.74 Å². The second kappa shape index (κ2) is 6.33. The summed E-state index contributed by atoms with van der Waals surface area (Å²) in [6.07, 6.45) is 0.953. The van der Waals surface area contributed by atoms with Crippen LogP contribution in [0.2, 0.25) is 0 Å². The van der Waals surface area contributed by atoms with Gasteiger partial charge < -0.3 is 9.64 Å². The fourth-order valence-electron chi connectivity index (χ4n) is 0.587. The highest BCUT2D eigenvalue weighted by molar-refractivity contribution is 7.80. The number of nitrogens with one attached hydrogen (secondary N) is 1. The van der Waals surface area contributed by atoms with Crippen LogP contribution in [0.15, 0.2) is 0 Å². The Kier molecular flexibility index (Phi) is 6.10. The van der Waals surface area contributed by atoms with Gasteiger partial charge in [-0.25, -0.2) is 5.84 Å². The topological polar surface area (TPSA) is 50.5 Å². The molecule has 0 spiro atoms. The number of nitrogens with two attached hydrogens (primary N) is 1. The van der Waals surface area contributed by atoms with Crippen LogP contribution in [0.25, 0.3) is 0 Å². The number of hydrazine groups is 1. The Morgan fingerprint density at radius 3 is 2.73 bits per heavy atom. The third-order valence-electron chi connectivity index (χ3n) is 1.10. The van der Waals surface area contributed by atoms with Gasteiger partial charge in [-0.15, -0.1) is 0 Å². The standard InChI is InChI=1S/C6H15N3OS/c1-9(2)4-3-5-10-6(11)8-7/h3-5,7H2,1-2H3,(H,8,11). The molecule has 5 heteroatoms. The molecule has 0 amide bonds. The lowest BCUT2D eigenvalue weighted by atomic mass is 10.4. The second-order valence-corrected chi connectivity index (χ2v) is 2.81. The summed E-state index contributed by atoms with van der Waals surface area (Å²) in [5.74, 6) is 4.99. The number of hydrogen-bond donors (Lipinski definition) is 2. The molecule has 0 aliphatic rings. The first-order valence-electron chi connectivity index (χ1n) is 3.45. The number of thiocarbonyl (C=S) groups is 1. The molecule has 0 aromatic carbocycles. The second-order valence-electron chi connectivity index (χ2n) is 2.44. The van der Waals surface area contributed by atoms with E-state index in [0.717, 1.165) is 13.0 Å². The first kappa shape index (κ1) is 10.6. The van der Waals surface area contributed by atoms with E-state index in [0.29, 0.717) is 6.61 Å². The quantitative estimate of drug-likeness (QED) is 0.267. The first-order chi connectivity index (χ1) is 5.16. The summed E-state index contributed by atoms with van der Waals surface area (Å²) in [5.41, 5.74) is 2.25. The highest BCUT2D eigenvalue weighted by Crippen LogP contribution is 1.85. The first-order valence-corrected chi connectivity index (χ1v) is 3.85. The summed E-state index contributed by atoms with van der Waals surface area (Å²) >= 11 is 4.66. The van der Waals surface area contributed by atoms with Gasteiger partial charge in [0.2, 0.25) is 0 Å². The minimum absolute atomic E-state index is 0.253. The maximum absolute atomic E-state index is 5.01. The monoisotopic (exact) mass is 177 g/mol. The maximum Gasteiger partial charge on any atom is 0.271 e. The van der Waals surface area contributed by atoms with Crippen LogP contribution in [0.4, 0.5) is 0 Å². The molecule has 0 bridgehead atoms. The molecule has 11 heavy (non-hydrogen) atoms. The summed E-state index contributed by atoms with van der Waals surface area (Å²) in [6, 6.07) is 0. The Bertz CT molecular complexity index is 118. The van der Waals surface area contributed by atoms with Crippen molar-refractivity contribution >= 4 is 17.4 Å². The van der Waals surface area contributed by atoms with E-state index in [4.69, 9.17) is 10.6 Å². The maximum atomic E-state index is 5.01. The molecule has 0 saturated carbocycles. The smallest absolute Gasteiger partial charge is 0.271 e. The van der Waals surface area contributed by atoms with Crippen molar-refractivity contribution in [2.75, 3.05) is 27.2 Å². The van der Waals surface area contributed by atoms with Crippen LogP contribution in [0.5, 0.6) is 0 Å². The van der Waals surface area contributed by atoms with Crippen LogP contribution in [0.1, 0.15) is 6.42 Å². The molecule has 0 aliphatic heterocycles. The third-order valence-corrected chi connectivity index (χ3v) is 1.34. The van der Waals surface area contributed by atoms with Gasteiger partial charge >= 0.3 is 0 Å². The average Bonchev–Trinajstić information content (AvgIpc) is 1.97. The number of ether oxygens (including phenoxy) is 1. The lowest BCUT2D eigenvalue weighted by molar-refractivity contribution is 0.267. The Balaban J connectivity index is 3.08. The van der Waals surface area contributed by atoms with Crippen molar-refractivity contribution in [3.63, 3.8) is 0 Å². The fourth-order valence-corrected chi connectivity index (χ4v) is 0.671. The van der Waals surface area contributed by atoms with Crippen molar-refractivity contribution in [2.45, 2.75) is 6.42 Å². The molecule has 66 valence electrons. The molecule has 0 rings (SSSR count). The van der Waals surface area contributed by atoms with Gasteiger partial charge in [-0.2, -0.15) is 0 Å². The normalized spacial score (nSPS) is 9.82. The third kappa shape index (κ3) is 7.51. The van der Waals surface area contributed by atoms with Crippen LogP contribution in [0.3, 0.4) is 0 Å². The summed E-state index contributed by atoms with van der Waals surface area (Å²) in [6.45, 7) is 1.61. The van der Waals surface area contributed by atoms with Crippen molar-refractivity contribution in [1.29, 1.82) is 0 Å². The van der Waals surface area contributed by atoms with Crippen LogP contribution in [0, 0.1) is 0 Å². The number of nitrogens with zero attached hydrogens (tertiary/aromatic N) is 1. The predicted octanol–water partition coefficient (Wildman–Crippen LogP) is -0.297. The molecule has 0 fully saturated rings. The molecular formula is C6H15N3OS. The van der Waals surface area contributed by atoms with Crippen molar-refractivity contribution in [3.8, 4) is 0 Å². The van der Waals surface area contributed by atoms with Gasteiger partial charge in [-0.3, -0.25) is 5.43 Å². The molecule has 0 heterocycles. The lowest BCUT2D eigenvalue weighted by Gasteiger charge is -2.09. The van der Waals surface area contributed by atoms with E-state index in [1.54, 1.807) is 0 Å². The van der Waals surface area contributed by atoms with E-state index < -0.39 is 0 Å². The van der Waals surface area contributed by atoms with Gasteiger partial charge in [-0.05, 0) is 32.7 Å². The highest BCUT2D eigenvalue weighted by Gasteiger charge is 1.93. The van der Waals surface area contributed by atoms with E-state index in [9.17, 15) is 0 Å². The minimum atomic E-state index is 0.253. The van der Waals surface area contributed by atoms with Gasteiger partial charge in [0.05, 0.1) is 6.61 Å². The van der Waals surface area contributed by atoms with Crippen molar-refractivity contribution < 1.29 is 4.74 Å². The van der Waals surface area contributed by atoms with Gasteiger partial charge in [0.15, 0.2) is 0 Å². The van der Waals surface area contributed by atoms with Crippen LogP contribution in [-0.4, -0.2) is 37.3 Å². The highest BCUT2D eigenvalue weighted by atomic mass is 32.1. The Morgan fingerprint density at radius 2 is 2.27 bits per heavy atom. The Hall–Kier alpha value is -0.390. The molecule has 0 radical (unpaired) electrons.